The van der Waals surface area contributed by atoms with Gasteiger partial charge in [0.25, 0.3) is 0 Å². The van der Waals surface area contributed by atoms with E-state index in [1.54, 1.807) is 31.3 Å². The molecule has 1 aromatic carbocycles. The van der Waals surface area contributed by atoms with Gasteiger partial charge in [-0.2, -0.15) is 0 Å². The molecule has 0 spiro atoms. The van der Waals surface area contributed by atoms with E-state index in [0.717, 1.165) is 6.42 Å². The van der Waals surface area contributed by atoms with Crippen molar-refractivity contribution < 1.29 is 13.2 Å². The number of rotatable bonds is 5. The van der Waals surface area contributed by atoms with Crippen molar-refractivity contribution in [1.82, 2.24) is 4.72 Å². The second-order valence-electron chi connectivity index (χ2n) is 4.78. The molecule has 0 bridgehead atoms. The van der Waals surface area contributed by atoms with Crippen LogP contribution in [0.4, 0.5) is 5.69 Å². The SMILES string of the molecule is CNc1ccccc1S(=O)(=O)NC(C)C1CCOC1. The predicted octanol–water partition coefficient (Wildman–Crippen LogP) is 1.43. The number of hydrogen-bond donors (Lipinski definition) is 2. The van der Waals surface area contributed by atoms with Crippen LogP contribution in [0.5, 0.6) is 0 Å². The van der Waals surface area contributed by atoms with E-state index in [0.29, 0.717) is 18.9 Å². The summed E-state index contributed by atoms with van der Waals surface area (Å²) in [6, 6.07) is 6.75. The van der Waals surface area contributed by atoms with E-state index in [1.807, 2.05) is 6.92 Å². The Morgan fingerprint density at radius 2 is 2.11 bits per heavy atom. The van der Waals surface area contributed by atoms with Crippen LogP contribution in [0.2, 0.25) is 0 Å². The third-order valence-corrected chi connectivity index (χ3v) is 5.08. The number of nitrogens with one attached hydrogen (secondary N) is 2. The molecule has 2 unspecified atom stereocenters. The van der Waals surface area contributed by atoms with Crippen LogP contribution in [0.1, 0.15) is 13.3 Å². The van der Waals surface area contributed by atoms with E-state index in [-0.39, 0.29) is 16.9 Å². The number of benzene rings is 1. The minimum absolute atomic E-state index is 0.127. The normalized spacial score (nSPS) is 21.3. The van der Waals surface area contributed by atoms with Gasteiger partial charge in [0.15, 0.2) is 0 Å². The maximum absolute atomic E-state index is 12.4. The molecule has 5 nitrogen and oxygen atoms in total. The van der Waals surface area contributed by atoms with Gasteiger partial charge >= 0.3 is 0 Å². The van der Waals surface area contributed by atoms with E-state index in [4.69, 9.17) is 4.74 Å². The minimum atomic E-state index is -3.51. The van der Waals surface area contributed by atoms with Crippen LogP contribution >= 0.6 is 0 Å². The van der Waals surface area contributed by atoms with Gasteiger partial charge in [-0.25, -0.2) is 13.1 Å². The first-order valence-electron chi connectivity index (χ1n) is 6.41. The molecular formula is C13H20N2O3S. The summed E-state index contributed by atoms with van der Waals surface area (Å²) in [6.07, 6.45) is 0.900. The molecule has 1 fully saturated rings. The summed E-state index contributed by atoms with van der Waals surface area (Å²) in [4.78, 5) is 0.281. The summed E-state index contributed by atoms with van der Waals surface area (Å²) < 4.78 is 32.8. The first-order valence-corrected chi connectivity index (χ1v) is 7.90. The van der Waals surface area contributed by atoms with Gasteiger partial charge in [0.2, 0.25) is 10.0 Å². The van der Waals surface area contributed by atoms with Crippen molar-refractivity contribution in [2.45, 2.75) is 24.3 Å². The average Bonchev–Trinajstić information content (AvgIpc) is 2.92. The molecule has 0 amide bonds. The van der Waals surface area contributed by atoms with Crippen LogP contribution in [0.25, 0.3) is 0 Å². The molecule has 1 saturated heterocycles. The summed E-state index contributed by atoms with van der Waals surface area (Å²) in [5.41, 5.74) is 0.602. The third-order valence-electron chi connectivity index (χ3n) is 3.46. The lowest BCUT2D eigenvalue weighted by Gasteiger charge is -2.20. The Kier molecular flexibility index (Phi) is 4.44. The number of anilines is 1. The molecule has 1 aliphatic heterocycles. The first-order chi connectivity index (χ1) is 9.04. The van der Waals surface area contributed by atoms with Gasteiger partial charge in [-0.15, -0.1) is 0 Å². The zero-order valence-electron chi connectivity index (χ0n) is 11.2. The lowest BCUT2D eigenvalue weighted by molar-refractivity contribution is 0.180. The zero-order valence-corrected chi connectivity index (χ0v) is 12.0. The Bertz CT molecular complexity index is 524. The van der Waals surface area contributed by atoms with Gasteiger partial charge in [-0.05, 0) is 25.5 Å². The summed E-state index contributed by atoms with van der Waals surface area (Å²) >= 11 is 0. The van der Waals surface area contributed by atoms with Crippen molar-refractivity contribution in [2.75, 3.05) is 25.6 Å². The molecule has 19 heavy (non-hydrogen) atoms. The molecule has 1 aromatic rings. The van der Waals surface area contributed by atoms with E-state index >= 15 is 0 Å². The number of hydrogen-bond acceptors (Lipinski definition) is 4. The maximum Gasteiger partial charge on any atom is 0.242 e. The lowest BCUT2D eigenvalue weighted by atomic mass is 10.0. The van der Waals surface area contributed by atoms with Crippen LogP contribution in [-0.2, 0) is 14.8 Å². The Morgan fingerprint density at radius 1 is 1.37 bits per heavy atom. The molecule has 1 heterocycles. The molecular weight excluding hydrogens is 264 g/mol. The van der Waals surface area contributed by atoms with Crippen LogP contribution in [0.3, 0.4) is 0 Å². The molecule has 0 aromatic heterocycles. The number of sulfonamides is 1. The smallest absolute Gasteiger partial charge is 0.242 e. The van der Waals surface area contributed by atoms with Crippen LogP contribution < -0.4 is 10.0 Å². The second-order valence-corrected chi connectivity index (χ2v) is 6.46. The van der Waals surface area contributed by atoms with Crippen molar-refractivity contribution in [1.29, 1.82) is 0 Å². The predicted molar refractivity (Wildman–Crippen MR) is 74.7 cm³/mol. The maximum atomic E-state index is 12.4. The molecule has 1 aliphatic rings. The second kappa shape index (κ2) is 5.90. The van der Waals surface area contributed by atoms with Gasteiger partial charge in [-0.1, -0.05) is 12.1 Å². The molecule has 2 atom stereocenters. The summed E-state index contributed by atoms with van der Waals surface area (Å²) in [6.45, 7) is 3.22. The molecule has 6 heteroatoms. The minimum Gasteiger partial charge on any atom is -0.387 e. The van der Waals surface area contributed by atoms with Gasteiger partial charge in [-0.3, -0.25) is 0 Å². The fourth-order valence-corrected chi connectivity index (χ4v) is 3.79. The fraction of sp³-hybridized carbons (Fsp3) is 0.538. The van der Waals surface area contributed by atoms with E-state index in [2.05, 4.69) is 10.0 Å². The molecule has 2 rings (SSSR count). The van der Waals surface area contributed by atoms with E-state index in [1.165, 1.54) is 0 Å². The number of para-hydroxylation sites is 1. The average molecular weight is 284 g/mol. The van der Waals surface area contributed by atoms with Crippen LogP contribution in [0, 0.1) is 5.92 Å². The lowest BCUT2D eigenvalue weighted by Crippen LogP contribution is -2.38. The Labute approximate surface area is 114 Å². The van der Waals surface area contributed by atoms with Crippen molar-refractivity contribution in [3.63, 3.8) is 0 Å². The highest BCUT2D eigenvalue weighted by Gasteiger charge is 2.27. The highest BCUT2D eigenvalue weighted by molar-refractivity contribution is 7.89. The standard InChI is InChI=1S/C13H20N2O3S/c1-10(11-7-8-18-9-11)15-19(16,17)13-6-4-3-5-12(13)14-2/h3-6,10-11,14-15H,7-9H2,1-2H3. The monoisotopic (exact) mass is 284 g/mol. The molecule has 0 radical (unpaired) electrons. The van der Waals surface area contributed by atoms with E-state index in [9.17, 15) is 8.42 Å². The quantitative estimate of drug-likeness (QED) is 0.858. The summed E-state index contributed by atoms with van der Waals surface area (Å²) in [5, 5.41) is 2.90. The Hall–Kier alpha value is -1.11. The molecule has 106 valence electrons. The molecule has 0 aliphatic carbocycles. The van der Waals surface area contributed by atoms with Crippen molar-refractivity contribution >= 4 is 15.7 Å². The van der Waals surface area contributed by atoms with Gasteiger partial charge in [0.05, 0.1) is 12.3 Å². The first kappa shape index (κ1) is 14.3. The van der Waals surface area contributed by atoms with E-state index < -0.39 is 10.0 Å². The largest absolute Gasteiger partial charge is 0.387 e. The number of ether oxygens (including phenoxy) is 1. The van der Waals surface area contributed by atoms with Gasteiger partial charge in [0, 0.05) is 25.6 Å². The van der Waals surface area contributed by atoms with Crippen LogP contribution in [0.15, 0.2) is 29.2 Å². The highest BCUT2D eigenvalue weighted by atomic mass is 32.2. The van der Waals surface area contributed by atoms with Crippen LogP contribution in [-0.4, -0.2) is 34.7 Å². The van der Waals surface area contributed by atoms with Crippen molar-refractivity contribution in [3.05, 3.63) is 24.3 Å². The van der Waals surface area contributed by atoms with Gasteiger partial charge < -0.3 is 10.1 Å². The topological polar surface area (TPSA) is 67.4 Å². The van der Waals surface area contributed by atoms with Gasteiger partial charge in [0.1, 0.15) is 4.90 Å². The molecule has 2 N–H and O–H groups in total. The molecule has 0 saturated carbocycles. The Morgan fingerprint density at radius 3 is 2.74 bits per heavy atom. The summed E-state index contributed by atoms with van der Waals surface area (Å²) in [5.74, 6) is 0.247. The third kappa shape index (κ3) is 3.26. The Balaban J connectivity index is 2.17. The fourth-order valence-electron chi connectivity index (χ4n) is 2.26. The summed E-state index contributed by atoms with van der Waals surface area (Å²) in [7, 11) is -1.80. The van der Waals surface area contributed by atoms with Crippen molar-refractivity contribution in [3.8, 4) is 0 Å². The van der Waals surface area contributed by atoms with Crippen molar-refractivity contribution in [2.24, 2.45) is 5.92 Å². The highest BCUT2D eigenvalue weighted by Crippen LogP contribution is 2.22. The zero-order chi connectivity index (χ0) is 13.9.